The van der Waals surface area contributed by atoms with Crippen molar-refractivity contribution in [3.8, 4) is 0 Å². The molecule has 0 radical (unpaired) electrons. The fourth-order valence-electron chi connectivity index (χ4n) is 1.53. The summed E-state index contributed by atoms with van der Waals surface area (Å²) in [5, 5.41) is 0.352. The third-order valence-corrected chi connectivity index (χ3v) is 4.27. The molecule has 2 unspecified atom stereocenters. The Balaban J connectivity index is 2.55. The Hall–Kier alpha value is -0.920. The minimum absolute atomic E-state index is 0.286. The standard InChI is InChI=1S/C11H15NO4S2/c1-9(8-18(14,15)16)6-10(7-13)17-11-4-2-3-5-12-11/h2-5,7,9-10H,6,8H2,1H3,(H,14,15,16). The SMILES string of the molecule is CC(CC(C=O)Sc1ccccn1)CS(=O)(=O)O. The average Bonchev–Trinajstić information content (AvgIpc) is 2.27. The van der Waals surface area contributed by atoms with Gasteiger partial charge in [0.1, 0.15) is 6.29 Å². The van der Waals surface area contributed by atoms with Crippen LogP contribution in [0.15, 0.2) is 29.4 Å². The van der Waals surface area contributed by atoms with Crippen LogP contribution < -0.4 is 0 Å². The van der Waals surface area contributed by atoms with Gasteiger partial charge in [-0.05, 0) is 24.5 Å². The third kappa shape index (κ3) is 6.13. The molecule has 0 spiro atoms. The van der Waals surface area contributed by atoms with E-state index in [0.717, 1.165) is 6.29 Å². The van der Waals surface area contributed by atoms with Crippen LogP contribution in [0.5, 0.6) is 0 Å². The molecule has 1 aromatic rings. The van der Waals surface area contributed by atoms with Gasteiger partial charge in [-0.1, -0.05) is 24.8 Å². The third-order valence-electron chi connectivity index (χ3n) is 2.19. The van der Waals surface area contributed by atoms with Crippen molar-refractivity contribution in [1.82, 2.24) is 4.98 Å². The predicted octanol–water partition coefficient (Wildman–Crippen LogP) is 1.66. The van der Waals surface area contributed by atoms with Gasteiger partial charge in [0, 0.05) is 6.20 Å². The van der Waals surface area contributed by atoms with E-state index in [-0.39, 0.29) is 16.9 Å². The molecule has 0 bridgehead atoms. The van der Waals surface area contributed by atoms with Gasteiger partial charge in [0.25, 0.3) is 10.1 Å². The van der Waals surface area contributed by atoms with E-state index in [1.165, 1.54) is 11.8 Å². The van der Waals surface area contributed by atoms with Crippen LogP contribution in [0, 0.1) is 5.92 Å². The van der Waals surface area contributed by atoms with Crippen LogP contribution in [0.3, 0.4) is 0 Å². The van der Waals surface area contributed by atoms with Gasteiger partial charge >= 0.3 is 0 Å². The molecule has 0 saturated carbocycles. The molecule has 0 fully saturated rings. The number of hydrogen-bond acceptors (Lipinski definition) is 5. The lowest BCUT2D eigenvalue weighted by Crippen LogP contribution is -2.18. The summed E-state index contributed by atoms with van der Waals surface area (Å²) in [6.07, 6.45) is 2.79. The van der Waals surface area contributed by atoms with Crippen molar-refractivity contribution < 1.29 is 17.8 Å². The Morgan fingerprint density at radius 1 is 1.50 bits per heavy atom. The number of nitrogens with zero attached hydrogens (tertiary/aromatic N) is 1. The molecule has 0 aliphatic rings. The van der Waals surface area contributed by atoms with E-state index in [1.54, 1.807) is 25.3 Å². The topological polar surface area (TPSA) is 84.3 Å². The second kappa shape index (κ2) is 6.86. The summed E-state index contributed by atoms with van der Waals surface area (Å²) in [6, 6.07) is 5.38. The molecule has 0 aliphatic heterocycles. The van der Waals surface area contributed by atoms with Crippen molar-refractivity contribution in [2.45, 2.75) is 23.6 Å². The second-order valence-corrected chi connectivity index (χ2v) is 6.81. The number of pyridine rings is 1. The van der Waals surface area contributed by atoms with Crippen LogP contribution >= 0.6 is 11.8 Å². The molecule has 0 aliphatic carbocycles. The van der Waals surface area contributed by atoms with Crippen LogP contribution in [0.4, 0.5) is 0 Å². The van der Waals surface area contributed by atoms with E-state index in [2.05, 4.69) is 4.98 Å². The zero-order valence-corrected chi connectivity index (χ0v) is 11.5. The summed E-state index contributed by atoms with van der Waals surface area (Å²) < 4.78 is 30.2. The van der Waals surface area contributed by atoms with E-state index < -0.39 is 10.1 Å². The molecular formula is C11H15NO4S2. The molecule has 0 amide bonds. The van der Waals surface area contributed by atoms with Crippen molar-refractivity contribution >= 4 is 28.2 Å². The summed E-state index contributed by atoms with van der Waals surface area (Å²) in [6.45, 7) is 1.68. The molecule has 5 nitrogen and oxygen atoms in total. The van der Waals surface area contributed by atoms with Crippen molar-refractivity contribution in [2.75, 3.05) is 5.75 Å². The molecule has 1 rings (SSSR count). The second-order valence-electron chi connectivity index (χ2n) is 4.05. The van der Waals surface area contributed by atoms with Crippen LogP contribution in [0.1, 0.15) is 13.3 Å². The molecule has 1 N–H and O–H groups in total. The van der Waals surface area contributed by atoms with Crippen LogP contribution in [0.2, 0.25) is 0 Å². The Morgan fingerprint density at radius 2 is 2.22 bits per heavy atom. The molecule has 1 aromatic heterocycles. The number of hydrogen-bond donors (Lipinski definition) is 1. The summed E-state index contributed by atoms with van der Waals surface area (Å²) in [4.78, 5) is 15.0. The molecule has 1 heterocycles. The van der Waals surface area contributed by atoms with Gasteiger partial charge < -0.3 is 4.79 Å². The highest BCUT2D eigenvalue weighted by atomic mass is 32.2. The van der Waals surface area contributed by atoms with E-state index in [4.69, 9.17) is 4.55 Å². The molecule has 0 saturated heterocycles. The Morgan fingerprint density at radius 3 is 2.72 bits per heavy atom. The Kier molecular flexibility index (Phi) is 5.77. The van der Waals surface area contributed by atoms with Crippen molar-refractivity contribution in [2.24, 2.45) is 5.92 Å². The Labute approximate surface area is 111 Å². The molecule has 18 heavy (non-hydrogen) atoms. The average molecular weight is 289 g/mol. The monoisotopic (exact) mass is 289 g/mol. The van der Waals surface area contributed by atoms with E-state index >= 15 is 0 Å². The van der Waals surface area contributed by atoms with E-state index in [9.17, 15) is 13.2 Å². The van der Waals surface area contributed by atoms with Gasteiger partial charge in [0.2, 0.25) is 0 Å². The van der Waals surface area contributed by atoms with Crippen LogP contribution in [-0.4, -0.2) is 35.2 Å². The first-order valence-corrected chi connectivity index (χ1v) is 7.87. The number of thioether (sulfide) groups is 1. The highest BCUT2D eigenvalue weighted by molar-refractivity contribution is 8.00. The lowest BCUT2D eigenvalue weighted by atomic mass is 10.1. The first-order valence-electron chi connectivity index (χ1n) is 5.39. The number of rotatable bonds is 7. The maximum Gasteiger partial charge on any atom is 0.265 e. The maximum atomic E-state index is 10.9. The lowest BCUT2D eigenvalue weighted by molar-refractivity contribution is -0.107. The molecular weight excluding hydrogens is 274 g/mol. The number of carbonyl (C=O) groups is 1. The molecule has 7 heteroatoms. The van der Waals surface area contributed by atoms with E-state index in [1.807, 2.05) is 6.07 Å². The fraction of sp³-hybridized carbons (Fsp3) is 0.455. The number of aldehydes is 1. The molecule has 100 valence electrons. The van der Waals surface area contributed by atoms with Gasteiger partial charge in [-0.3, -0.25) is 4.55 Å². The number of carbonyl (C=O) groups excluding carboxylic acids is 1. The zero-order chi connectivity index (χ0) is 13.6. The first-order chi connectivity index (χ1) is 8.40. The van der Waals surface area contributed by atoms with Crippen molar-refractivity contribution in [3.05, 3.63) is 24.4 Å². The normalized spacial score (nSPS) is 15.0. The van der Waals surface area contributed by atoms with Crippen molar-refractivity contribution in [1.29, 1.82) is 0 Å². The molecule has 2 atom stereocenters. The minimum atomic E-state index is -3.99. The predicted molar refractivity (Wildman–Crippen MR) is 70.1 cm³/mol. The summed E-state index contributed by atoms with van der Waals surface area (Å²) in [5.74, 6) is -0.619. The van der Waals surface area contributed by atoms with Crippen LogP contribution in [0.25, 0.3) is 0 Å². The van der Waals surface area contributed by atoms with E-state index in [0.29, 0.717) is 11.4 Å². The van der Waals surface area contributed by atoms with Gasteiger partial charge in [0.15, 0.2) is 0 Å². The first kappa shape index (κ1) is 15.1. The zero-order valence-electron chi connectivity index (χ0n) is 9.89. The van der Waals surface area contributed by atoms with Gasteiger partial charge in [-0.2, -0.15) is 8.42 Å². The minimum Gasteiger partial charge on any atom is -0.302 e. The summed E-state index contributed by atoms with van der Waals surface area (Å²) in [7, 11) is -3.99. The highest BCUT2D eigenvalue weighted by Crippen LogP contribution is 2.24. The Bertz CT molecular complexity index is 475. The van der Waals surface area contributed by atoms with Gasteiger partial charge in [0.05, 0.1) is 16.0 Å². The smallest absolute Gasteiger partial charge is 0.265 e. The van der Waals surface area contributed by atoms with Crippen LogP contribution in [-0.2, 0) is 14.9 Å². The number of aromatic nitrogens is 1. The van der Waals surface area contributed by atoms with Gasteiger partial charge in [-0.15, -0.1) is 0 Å². The summed E-state index contributed by atoms with van der Waals surface area (Å²) >= 11 is 1.29. The fourth-order valence-corrected chi connectivity index (χ4v) is 3.45. The van der Waals surface area contributed by atoms with Crippen molar-refractivity contribution in [3.63, 3.8) is 0 Å². The maximum absolute atomic E-state index is 10.9. The van der Waals surface area contributed by atoms with Gasteiger partial charge in [-0.25, -0.2) is 4.98 Å². The lowest BCUT2D eigenvalue weighted by Gasteiger charge is -2.14. The molecule has 0 aromatic carbocycles. The summed E-state index contributed by atoms with van der Waals surface area (Å²) in [5.41, 5.74) is 0. The largest absolute Gasteiger partial charge is 0.302 e. The quantitative estimate of drug-likeness (QED) is 0.467. The highest BCUT2D eigenvalue weighted by Gasteiger charge is 2.18.